The summed E-state index contributed by atoms with van der Waals surface area (Å²) in [6, 6.07) is 0. The predicted molar refractivity (Wildman–Crippen MR) is 205 cm³/mol. The van der Waals surface area contributed by atoms with E-state index < -0.39 is 58.3 Å². The Labute approximate surface area is 321 Å². The zero-order valence-corrected chi connectivity index (χ0v) is 32.9. The van der Waals surface area contributed by atoms with Crippen molar-refractivity contribution in [2.24, 2.45) is 69.8 Å². The molecule has 1 unspecified atom stereocenters. The molecule has 9 rings (SSSR count). The van der Waals surface area contributed by atoms with Crippen molar-refractivity contribution in [1.82, 2.24) is 5.32 Å². The molecule has 54 heavy (non-hydrogen) atoms. The number of ether oxygens (including phenoxy) is 1. The van der Waals surface area contributed by atoms with E-state index in [1.165, 1.54) is 19.3 Å². The number of ketones is 1. The molecule has 4 saturated carbocycles. The lowest BCUT2D eigenvalue weighted by Crippen LogP contribution is -2.68. The maximum atomic E-state index is 14.9. The molecule has 2 heterocycles. The standard InChI is InChI=1S/C45H66N2O7/c1-5-6-24-7-13-29-23(2)40(54-34(29)15-8-24)41(51)43(4,52)35-17-28-12-14-30-38-37-26(19-42(35,3)45(28,38)53)10-9-25(27-11-16-36(46)47-22-27)20-44(37)21-33(49)32(48)18-31(44)39(30)50/h9-11,16,22-26,28-29,31-37,40-41,47-49,51-53H,5-8,12-15,17-21,46H2,1-4H3/t23-,24-,25-,26+,28+,29-,31-,32+,33-,34+,35-,36?,37-,40+,41+,42+,43+,44-,45+/m0/s1. The van der Waals surface area contributed by atoms with E-state index in [0.29, 0.717) is 44.4 Å². The number of carbonyl (C=O) groups is 1. The molecule has 0 aromatic rings. The summed E-state index contributed by atoms with van der Waals surface area (Å²) in [7, 11) is 0. The van der Waals surface area contributed by atoms with Gasteiger partial charge in [0.05, 0.1) is 41.8 Å². The minimum atomic E-state index is -1.55. The first kappa shape index (κ1) is 37.7. The summed E-state index contributed by atoms with van der Waals surface area (Å²) in [6.45, 7) is 8.37. The number of nitrogens with one attached hydrogen (secondary N) is 1. The van der Waals surface area contributed by atoms with Crippen molar-refractivity contribution in [1.29, 1.82) is 0 Å². The monoisotopic (exact) mass is 746 g/mol. The lowest BCUT2D eigenvalue weighted by molar-refractivity contribution is -0.207. The molecule has 298 valence electrons. The number of carbonyl (C=O) groups excluding carboxylic acids is 1. The van der Waals surface area contributed by atoms with E-state index >= 15 is 0 Å². The Hall–Kier alpha value is -1.85. The second-order valence-electron chi connectivity index (χ2n) is 20.2. The van der Waals surface area contributed by atoms with Gasteiger partial charge in [-0.2, -0.15) is 0 Å². The highest BCUT2D eigenvalue weighted by Gasteiger charge is 2.76. The summed E-state index contributed by atoms with van der Waals surface area (Å²) in [4.78, 5) is 14.9. The summed E-state index contributed by atoms with van der Waals surface area (Å²) in [5.74, 6) is -0.137. The second kappa shape index (κ2) is 13.1. The molecule has 5 fully saturated rings. The fraction of sp³-hybridized carbons (Fsp3) is 0.800. The van der Waals surface area contributed by atoms with Crippen molar-refractivity contribution < 1.29 is 35.1 Å². The van der Waals surface area contributed by atoms with Crippen LogP contribution >= 0.6 is 0 Å². The molecule has 0 radical (unpaired) electrons. The predicted octanol–water partition coefficient (Wildman–Crippen LogP) is 4.81. The van der Waals surface area contributed by atoms with Gasteiger partial charge in [-0.05, 0) is 141 Å². The Balaban J connectivity index is 1.10. The fourth-order valence-corrected chi connectivity index (χ4v) is 15.2. The van der Waals surface area contributed by atoms with Gasteiger partial charge in [-0.15, -0.1) is 0 Å². The molecular weight excluding hydrogens is 681 g/mol. The molecule has 0 aromatic carbocycles. The largest absolute Gasteiger partial charge is 0.390 e. The van der Waals surface area contributed by atoms with Gasteiger partial charge < -0.3 is 41.3 Å². The van der Waals surface area contributed by atoms with Crippen molar-refractivity contribution >= 4 is 5.78 Å². The van der Waals surface area contributed by atoms with Gasteiger partial charge in [0.1, 0.15) is 6.10 Å². The number of hydrogen-bond acceptors (Lipinski definition) is 9. The van der Waals surface area contributed by atoms with Crippen molar-refractivity contribution in [3.05, 3.63) is 47.2 Å². The summed E-state index contributed by atoms with van der Waals surface area (Å²) < 4.78 is 6.78. The lowest BCUT2D eigenvalue weighted by Gasteiger charge is -2.66. The quantitative estimate of drug-likeness (QED) is 0.189. The van der Waals surface area contributed by atoms with E-state index in [1.54, 1.807) is 6.92 Å². The van der Waals surface area contributed by atoms with E-state index in [9.17, 15) is 30.3 Å². The summed E-state index contributed by atoms with van der Waals surface area (Å²) >= 11 is 0. The number of Topliss-reactive ketones (excluding diaryl/α,β-unsaturated/α-hetero) is 1. The van der Waals surface area contributed by atoms with Crippen LogP contribution in [0.3, 0.4) is 0 Å². The molecule has 19 atom stereocenters. The van der Waals surface area contributed by atoms with Crippen molar-refractivity contribution in [2.45, 2.75) is 159 Å². The Morgan fingerprint density at radius 2 is 1.83 bits per heavy atom. The molecule has 1 spiro atoms. The van der Waals surface area contributed by atoms with E-state index in [1.807, 2.05) is 12.3 Å². The number of fused-ring (bicyclic) bond motifs is 1. The van der Waals surface area contributed by atoms with Crippen LogP contribution in [0.4, 0.5) is 0 Å². The third-order valence-corrected chi connectivity index (χ3v) is 17.7. The summed E-state index contributed by atoms with van der Waals surface area (Å²) in [6.07, 6.45) is 17.2. The van der Waals surface area contributed by atoms with E-state index in [4.69, 9.17) is 10.5 Å². The number of aliphatic hydroxyl groups is 5. The van der Waals surface area contributed by atoms with Crippen LogP contribution in [-0.4, -0.2) is 79.2 Å². The molecule has 9 aliphatic rings. The molecule has 1 saturated heterocycles. The van der Waals surface area contributed by atoms with Crippen molar-refractivity contribution in [2.75, 3.05) is 0 Å². The molecule has 7 aliphatic carbocycles. The van der Waals surface area contributed by atoms with Gasteiger partial charge in [0, 0.05) is 23.5 Å². The fourth-order valence-electron chi connectivity index (χ4n) is 15.2. The number of dihydropyridines is 1. The number of aliphatic hydroxyl groups excluding tert-OH is 3. The van der Waals surface area contributed by atoms with Crippen LogP contribution < -0.4 is 11.1 Å². The highest BCUT2D eigenvalue weighted by Crippen LogP contribution is 2.76. The minimum Gasteiger partial charge on any atom is -0.390 e. The summed E-state index contributed by atoms with van der Waals surface area (Å²) in [5, 5.41) is 64.7. The van der Waals surface area contributed by atoms with Gasteiger partial charge in [0.25, 0.3) is 0 Å². The third-order valence-electron chi connectivity index (χ3n) is 17.7. The number of allylic oxidation sites excluding steroid dienone is 5. The first-order valence-corrected chi connectivity index (χ1v) is 21.7. The van der Waals surface area contributed by atoms with Crippen LogP contribution in [0.1, 0.15) is 111 Å². The average molecular weight is 747 g/mol. The molecule has 2 aliphatic heterocycles. The van der Waals surface area contributed by atoms with E-state index in [2.05, 4.69) is 44.3 Å². The van der Waals surface area contributed by atoms with Crippen LogP contribution in [0.25, 0.3) is 0 Å². The van der Waals surface area contributed by atoms with Gasteiger partial charge in [-0.1, -0.05) is 58.3 Å². The third kappa shape index (κ3) is 5.17. The minimum absolute atomic E-state index is 0.0270. The second-order valence-corrected chi connectivity index (χ2v) is 20.2. The molecule has 8 N–H and O–H groups in total. The van der Waals surface area contributed by atoms with Crippen LogP contribution in [0.2, 0.25) is 0 Å². The number of hydrogen-bond donors (Lipinski definition) is 7. The number of nitrogens with two attached hydrogens (primary N) is 1. The van der Waals surface area contributed by atoms with Crippen LogP contribution in [0.15, 0.2) is 47.2 Å². The molecular formula is C45H66N2O7. The first-order chi connectivity index (χ1) is 25.7. The Morgan fingerprint density at radius 1 is 1.06 bits per heavy atom. The van der Waals surface area contributed by atoms with Crippen molar-refractivity contribution in [3.8, 4) is 0 Å². The number of rotatable bonds is 6. The zero-order chi connectivity index (χ0) is 38.1. The molecule has 0 aromatic heterocycles. The van der Waals surface area contributed by atoms with Gasteiger partial charge in [-0.3, -0.25) is 4.79 Å². The molecule has 0 bridgehead atoms. The van der Waals surface area contributed by atoms with Crippen LogP contribution in [0, 0.1) is 64.1 Å². The highest BCUT2D eigenvalue weighted by molar-refractivity contribution is 6.00. The maximum absolute atomic E-state index is 14.9. The Morgan fingerprint density at radius 3 is 2.57 bits per heavy atom. The van der Waals surface area contributed by atoms with Crippen LogP contribution in [0.5, 0.6) is 0 Å². The van der Waals surface area contributed by atoms with E-state index in [0.717, 1.165) is 41.9 Å². The zero-order valence-electron chi connectivity index (χ0n) is 32.9. The summed E-state index contributed by atoms with van der Waals surface area (Å²) in [5.41, 5.74) is 4.36. The SMILES string of the molecule is CCC[C@H]1CC[C@H]2[C@H](C)[C@H]([C@@H](O)[C@](C)(O)[C@H]3C[C@H]4CCC5=C6[C@@H]7[C@H](C=C[C@H](C8=CNC(N)C=C8)C[C@@]78C[C@H](O)[C@H](O)C[C@H]8C5=O)C[C@@]3(C)[C@]64O)O[C@@H]2CC1. The molecule has 0 amide bonds. The maximum Gasteiger partial charge on any atom is 0.162 e. The van der Waals surface area contributed by atoms with Gasteiger partial charge in [0.15, 0.2) is 5.78 Å². The highest BCUT2D eigenvalue weighted by atomic mass is 16.5. The Bertz CT molecular complexity index is 1650. The smallest absolute Gasteiger partial charge is 0.162 e. The average Bonchev–Trinajstić information content (AvgIpc) is 3.38. The van der Waals surface area contributed by atoms with E-state index in [-0.39, 0.29) is 54.1 Å². The van der Waals surface area contributed by atoms with Gasteiger partial charge in [0.2, 0.25) is 0 Å². The Kier molecular flexibility index (Phi) is 9.14. The lowest BCUT2D eigenvalue weighted by atomic mass is 9.39. The van der Waals surface area contributed by atoms with Gasteiger partial charge >= 0.3 is 0 Å². The van der Waals surface area contributed by atoms with Crippen LogP contribution in [-0.2, 0) is 9.53 Å². The normalized spacial score (nSPS) is 52.3. The van der Waals surface area contributed by atoms with Gasteiger partial charge in [-0.25, -0.2) is 0 Å². The molecule has 9 heteroatoms. The topological polar surface area (TPSA) is 166 Å². The molecule has 9 nitrogen and oxygen atoms in total. The van der Waals surface area contributed by atoms with Crippen molar-refractivity contribution in [3.63, 3.8) is 0 Å². The first-order valence-electron chi connectivity index (χ1n) is 21.7.